The summed E-state index contributed by atoms with van der Waals surface area (Å²) < 4.78 is 188. The van der Waals surface area contributed by atoms with E-state index in [0.29, 0.717) is 46.3 Å². The second kappa shape index (κ2) is 14.7. The van der Waals surface area contributed by atoms with E-state index in [1.807, 2.05) is 45.0 Å². The molecule has 0 amide bonds. The van der Waals surface area contributed by atoms with Crippen molar-refractivity contribution in [1.29, 1.82) is 0 Å². The van der Waals surface area contributed by atoms with Gasteiger partial charge in [-0.05, 0) is 110 Å². The van der Waals surface area contributed by atoms with Gasteiger partial charge in [0.05, 0.1) is 22.1 Å². The predicted octanol–water partition coefficient (Wildman–Crippen LogP) is 15.6. The van der Waals surface area contributed by atoms with Gasteiger partial charge in [-0.1, -0.05) is 102 Å². The highest BCUT2D eigenvalue weighted by Crippen LogP contribution is 2.59. The van der Waals surface area contributed by atoms with Crippen LogP contribution in [0, 0.1) is 20.8 Å². The third-order valence-corrected chi connectivity index (χ3v) is 12.5. The first-order valence-corrected chi connectivity index (χ1v) is 20.1. The molecule has 0 saturated carbocycles. The van der Waals surface area contributed by atoms with Crippen molar-refractivity contribution in [2.45, 2.75) is 56.3 Å². The summed E-state index contributed by atoms with van der Waals surface area (Å²) in [5.74, 6) is 0. The van der Waals surface area contributed by atoms with Gasteiger partial charge in [-0.3, -0.25) is 0 Å². The Labute approximate surface area is 362 Å². The highest BCUT2D eigenvalue weighted by molar-refractivity contribution is 6.10. The number of benzene rings is 7. The molecule has 2 aromatic heterocycles. The van der Waals surface area contributed by atoms with Crippen LogP contribution in [0.5, 0.6) is 0 Å². The maximum absolute atomic E-state index is 15.4. The molecule has 0 aliphatic rings. The van der Waals surface area contributed by atoms with Gasteiger partial charge in [0.1, 0.15) is 0 Å². The number of nitrogens with zero attached hydrogens (tertiary/aromatic N) is 2. The molecule has 0 fully saturated rings. The van der Waals surface area contributed by atoms with Gasteiger partial charge in [0, 0.05) is 32.9 Å². The summed E-state index contributed by atoms with van der Waals surface area (Å²) >= 11 is 0. The third kappa shape index (κ3) is 6.41. The Kier molecular flexibility index (Phi) is 9.82. The number of fused-ring (bicyclic) bond motifs is 6. The number of aromatic nitrogens is 2. The van der Waals surface area contributed by atoms with Gasteiger partial charge in [-0.15, -0.1) is 0 Å². The Bertz CT molecular complexity index is 3190. The molecule has 0 saturated heterocycles. The SMILES string of the molecule is Cc1ccc2c(c1)c1ccccc1n2-c1ccc(C(c2ccc(C(c3ccc(-n4c5ccc(C)cc5c5cc(C)ccc54)cc3)(C(F)(F)F)C(F)(F)F)cc2)(C(F)(F)F)C(F)(F)F)cc1. The molecule has 0 atom stereocenters. The number of alkyl halides is 12. The second-order valence-electron chi connectivity index (χ2n) is 16.4. The quantitative estimate of drug-likeness (QED) is 0.147. The summed E-state index contributed by atoms with van der Waals surface area (Å²) in [7, 11) is 0. The number of para-hydroxylation sites is 1. The van der Waals surface area contributed by atoms with Crippen LogP contribution >= 0.6 is 0 Å². The molecule has 0 N–H and O–H groups in total. The van der Waals surface area contributed by atoms with Gasteiger partial charge in [0.15, 0.2) is 0 Å². The van der Waals surface area contributed by atoms with Crippen LogP contribution in [0.3, 0.4) is 0 Å². The molecular weight excluding hydrogens is 869 g/mol. The molecule has 0 unspecified atom stereocenters. The Morgan fingerprint density at radius 2 is 0.554 bits per heavy atom. The Morgan fingerprint density at radius 1 is 0.292 bits per heavy atom. The van der Waals surface area contributed by atoms with Gasteiger partial charge in [0.2, 0.25) is 10.8 Å². The minimum Gasteiger partial charge on any atom is -0.309 e. The maximum Gasteiger partial charge on any atom is 0.411 e. The zero-order chi connectivity index (χ0) is 46.6. The summed E-state index contributed by atoms with van der Waals surface area (Å²) in [5.41, 5.74) is -10.1. The normalized spacial score (nSPS) is 13.5. The zero-order valence-corrected chi connectivity index (χ0v) is 34.4. The van der Waals surface area contributed by atoms with E-state index in [2.05, 4.69) is 0 Å². The van der Waals surface area contributed by atoms with Crippen molar-refractivity contribution < 1.29 is 52.7 Å². The number of rotatable bonds is 6. The van der Waals surface area contributed by atoms with E-state index in [1.165, 1.54) is 0 Å². The lowest BCUT2D eigenvalue weighted by molar-refractivity contribution is -0.291. The Balaban J connectivity index is 1.18. The lowest BCUT2D eigenvalue weighted by atomic mass is 9.69. The van der Waals surface area contributed by atoms with Crippen molar-refractivity contribution in [2.75, 3.05) is 0 Å². The minimum atomic E-state index is -6.19. The summed E-state index contributed by atoms with van der Waals surface area (Å²) in [6.07, 6.45) is -24.8. The molecule has 9 rings (SSSR count). The molecule has 0 aliphatic heterocycles. The van der Waals surface area contributed by atoms with E-state index < -0.39 is 57.8 Å². The lowest BCUT2D eigenvalue weighted by Crippen LogP contribution is -2.55. The summed E-state index contributed by atoms with van der Waals surface area (Å²) in [6.45, 7) is 5.59. The number of halogens is 12. The molecule has 0 bridgehead atoms. The van der Waals surface area contributed by atoms with Crippen LogP contribution in [-0.4, -0.2) is 33.8 Å². The van der Waals surface area contributed by atoms with Crippen LogP contribution in [-0.2, 0) is 10.8 Å². The first kappa shape index (κ1) is 43.5. The fourth-order valence-corrected chi connectivity index (χ4v) is 9.55. The fraction of sp³-hybridized carbons (Fsp3) is 0.176. The van der Waals surface area contributed by atoms with Crippen molar-refractivity contribution in [2.24, 2.45) is 0 Å². The lowest BCUT2D eigenvalue weighted by Gasteiger charge is -2.40. The van der Waals surface area contributed by atoms with E-state index in [-0.39, 0.29) is 35.6 Å². The van der Waals surface area contributed by atoms with Crippen LogP contribution in [0.1, 0.15) is 38.9 Å². The van der Waals surface area contributed by atoms with Gasteiger partial charge in [-0.2, -0.15) is 52.7 Å². The molecule has 332 valence electrons. The highest BCUT2D eigenvalue weighted by atomic mass is 19.4. The van der Waals surface area contributed by atoms with Crippen molar-refractivity contribution in [3.05, 3.63) is 191 Å². The molecule has 2 nitrogen and oxygen atoms in total. The molecule has 7 aromatic carbocycles. The Morgan fingerprint density at radius 3 is 0.862 bits per heavy atom. The molecule has 2 heterocycles. The summed E-state index contributed by atoms with van der Waals surface area (Å²) in [4.78, 5) is 0. The largest absolute Gasteiger partial charge is 0.411 e. The minimum absolute atomic E-state index is 0.0438. The zero-order valence-electron chi connectivity index (χ0n) is 34.4. The summed E-state index contributed by atoms with van der Waals surface area (Å²) in [5, 5.41) is 3.13. The highest BCUT2D eigenvalue weighted by Gasteiger charge is 2.74. The van der Waals surface area contributed by atoms with E-state index >= 15 is 52.7 Å². The molecule has 9 aromatic rings. The fourth-order valence-electron chi connectivity index (χ4n) is 9.55. The maximum atomic E-state index is 15.4. The van der Waals surface area contributed by atoms with Gasteiger partial charge < -0.3 is 9.13 Å². The first-order valence-electron chi connectivity index (χ1n) is 20.1. The van der Waals surface area contributed by atoms with Crippen LogP contribution in [0.4, 0.5) is 52.7 Å². The van der Waals surface area contributed by atoms with E-state index in [0.717, 1.165) is 62.5 Å². The topological polar surface area (TPSA) is 9.86 Å². The number of hydrogen-bond acceptors (Lipinski definition) is 0. The van der Waals surface area contributed by atoms with Crippen LogP contribution in [0.25, 0.3) is 55.0 Å². The summed E-state index contributed by atoms with van der Waals surface area (Å²) in [6, 6.07) is 30.4. The monoisotopic (exact) mass is 902 g/mol. The van der Waals surface area contributed by atoms with E-state index in [4.69, 9.17) is 0 Å². The van der Waals surface area contributed by atoms with Crippen LogP contribution < -0.4 is 0 Å². The molecule has 0 aliphatic carbocycles. The molecule has 65 heavy (non-hydrogen) atoms. The average Bonchev–Trinajstić information content (AvgIpc) is 3.72. The van der Waals surface area contributed by atoms with E-state index in [1.54, 1.807) is 63.7 Å². The smallest absolute Gasteiger partial charge is 0.309 e. The predicted molar refractivity (Wildman–Crippen MR) is 228 cm³/mol. The first-order chi connectivity index (χ1) is 30.5. The third-order valence-electron chi connectivity index (χ3n) is 12.5. The molecule has 14 heteroatoms. The number of hydrogen-bond donors (Lipinski definition) is 0. The van der Waals surface area contributed by atoms with E-state index in [9.17, 15) is 0 Å². The molecule has 0 radical (unpaired) electrons. The van der Waals surface area contributed by atoms with Crippen LogP contribution in [0.15, 0.2) is 152 Å². The van der Waals surface area contributed by atoms with Gasteiger partial charge in [-0.25, -0.2) is 0 Å². The van der Waals surface area contributed by atoms with Crippen molar-refractivity contribution in [3.8, 4) is 11.4 Å². The number of aryl methyl sites for hydroxylation is 3. The second-order valence-corrected chi connectivity index (χ2v) is 16.4. The van der Waals surface area contributed by atoms with Crippen molar-refractivity contribution in [1.82, 2.24) is 9.13 Å². The molecule has 0 spiro atoms. The van der Waals surface area contributed by atoms with Gasteiger partial charge >= 0.3 is 24.7 Å². The standard InChI is InChI=1S/C51H34F12N2/c1-29-8-23-43-39(26-29)38-6-4-5-7-42(38)64(43)36-19-15-34(16-20-36)46(48(52,53)54,49(55,56)57)32-11-13-33(14-12-32)47(50(58,59)60,51(61,62)63)35-17-21-37(22-18-35)65-44-24-9-30(2)27-40(44)41-28-31(3)10-25-45(41)65/h4-28H,1-3H3. The average molecular weight is 903 g/mol. The van der Waals surface area contributed by atoms with Crippen LogP contribution in [0.2, 0.25) is 0 Å². The Hall–Kier alpha value is -6.70. The van der Waals surface area contributed by atoms with Gasteiger partial charge in [0.25, 0.3) is 0 Å². The van der Waals surface area contributed by atoms with Crippen molar-refractivity contribution >= 4 is 43.6 Å². The van der Waals surface area contributed by atoms with Crippen molar-refractivity contribution in [3.63, 3.8) is 0 Å². The molecular formula is C51H34F12N2.